The SMILES string of the molecule is CCSC1OC(COCc2ccccc2)C(OCc2ccccc2)C(OCc2ccccc2)C1OCc1ccccc1. The Morgan fingerprint density at radius 3 is 1.38 bits per heavy atom. The molecule has 4 aromatic rings. The predicted molar refractivity (Wildman–Crippen MR) is 168 cm³/mol. The average molecular weight is 585 g/mol. The zero-order chi connectivity index (χ0) is 28.8. The van der Waals surface area contributed by atoms with E-state index in [0.717, 1.165) is 28.0 Å². The minimum absolute atomic E-state index is 0.235. The first-order chi connectivity index (χ1) is 20.8. The standard InChI is InChI=1S/C36H40O5S/c1-2-42-36-35(40-26-31-21-13-6-14-22-31)34(39-25-30-19-11-5-12-20-30)33(38-24-29-17-9-4-10-18-29)32(41-36)27-37-23-28-15-7-3-8-16-28/h3-22,32-36H,2,23-27H2,1H3. The summed E-state index contributed by atoms with van der Waals surface area (Å²) in [5.74, 6) is 0.883. The van der Waals surface area contributed by atoms with Gasteiger partial charge in [-0.05, 0) is 28.0 Å². The molecule has 220 valence electrons. The number of rotatable bonds is 15. The lowest BCUT2D eigenvalue weighted by Crippen LogP contribution is -2.60. The Bertz CT molecular complexity index is 1280. The van der Waals surface area contributed by atoms with Crippen LogP contribution in [0.1, 0.15) is 29.2 Å². The third-order valence-corrected chi connectivity index (χ3v) is 8.21. The molecule has 0 aliphatic carbocycles. The highest BCUT2D eigenvalue weighted by atomic mass is 32.2. The summed E-state index contributed by atoms with van der Waals surface area (Å²) in [4.78, 5) is 0. The van der Waals surface area contributed by atoms with Gasteiger partial charge in [0.15, 0.2) is 0 Å². The van der Waals surface area contributed by atoms with Crippen molar-refractivity contribution in [3.63, 3.8) is 0 Å². The van der Waals surface area contributed by atoms with E-state index in [9.17, 15) is 0 Å². The topological polar surface area (TPSA) is 46.2 Å². The van der Waals surface area contributed by atoms with Gasteiger partial charge in [0.1, 0.15) is 29.9 Å². The van der Waals surface area contributed by atoms with E-state index < -0.39 is 6.10 Å². The van der Waals surface area contributed by atoms with Gasteiger partial charge in [0.2, 0.25) is 0 Å². The summed E-state index contributed by atoms with van der Waals surface area (Å²) in [6.07, 6.45) is -1.45. The summed E-state index contributed by atoms with van der Waals surface area (Å²) >= 11 is 1.73. The minimum Gasteiger partial charge on any atom is -0.374 e. The second-order valence-corrected chi connectivity index (χ2v) is 11.7. The molecule has 0 saturated carbocycles. The number of benzene rings is 4. The summed E-state index contributed by atoms with van der Waals surface area (Å²) in [7, 11) is 0. The molecule has 5 unspecified atom stereocenters. The number of ether oxygens (including phenoxy) is 5. The van der Waals surface area contributed by atoms with Crippen molar-refractivity contribution >= 4 is 11.8 Å². The van der Waals surface area contributed by atoms with Crippen LogP contribution < -0.4 is 0 Å². The maximum Gasteiger partial charge on any atom is 0.132 e. The molecule has 5 atom stereocenters. The van der Waals surface area contributed by atoms with E-state index in [4.69, 9.17) is 23.7 Å². The molecule has 0 aromatic heterocycles. The van der Waals surface area contributed by atoms with Gasteiger partial charge in [-0.3, -0.25) is 0 Å². The lowest BCUT2D eigenvalue weighted by molar-refractivity contribution is -0.254. The molecule has 1 heterocycles. The van der Waals surface area contributed by atoms with Crippen molar-refractivity contribution in [2.45, 2.75) is 63.2 Å². The molecular formula is C36H40O5S. The van der Waals surface area contributed by atoms with E-state index >= 15 is 0 Å². The van der Waals surface area contributed by atoms with Crippen molar-refractivity contribution in [1.82, 2.24) is 0 Å². The van der Waals surface area contributed by atoms with Gasteiger partial charge in [0, 0.05) is 0 Å². The molecule has 0 radical (unpaired) electrons. The molecule has 0 bridgehead atoms. The average Bonchev–Trinajstić information content (AvgIpc) is 3.05. The van der Waals surface area contributed by atoms with Crippen LogP contribution in [0.3, 0.4) is 0 Å². The van der Waals surface area contributed by atoms with Gasteiger partial charge in [-0.2, -0.15) is 0 Å². The van der Waals surface area contributed by atoms with Gasteiger partial charge < -0.3 is 23.7 Å². The fourth-order valence-corrected chi connectivity index (χ4v) is 6.02. The molecule has 0 N–H and O–H groups in total. The van der Waals surface area contributed by atoms with Crippen LogP contribution in [0.5, 0.6) is 0 Å². The third-order valence-electron chi connectivity index (χ3n) is 7.17. The van der Waals surface area contributed by atoms with Crippen molar-refractivity contribution in [2.24, 2.45) is 0 Å². The van der Waals surface area contributed by atoms with Crippen LogP contribution >= 0.6 is 11.8 Å². The van der Waals surface area contributed by atoms with Gasteiger partial charge in [-0.1, -0.05) is 128 Å². The Hall–Kier alpha value is -2.97. The quantitative estimate of drug-likeness (QED) is 0.145. The summed E-state index contributed by atoms with van der Waals surface area (Å²) < 4.78 is 33.1. The zero-order valence-corrected chi connectivity index (χ0v) is 24.9. The maximum absolute atomic E-state index is 6.76. The van der Waals surface area contributed by atoms with E-state index in [2.05, 4.69) is 55.5 Å². The maximum atomic E-state index is 6.76. The molecule has 5 nitrogen and oxygen atoms in total. The lowest BCUT2D eigenvalue weighted by atomic mass is 9.98. The zero-order valence-electron chi connectivity index (χ0n) is 24.1. The lowest BCUT2D eigenvalue weighted by Gasteiger charge is -2.46. The van der Waals surface area contributed by atoms with Crippen molar-refractivity contribution in [1.29, 1.82) is 0 Å². The second kappa shape index (κ2) is 16.6. The van der Waals surface area contributed by atoms with E-state index in [1.807, 2.05) is 72.8 Å². The van der Waals surface area contributed by atoms with E-state index in [-0.39, 0.29) is 23.7 Å². The Labute approximate surface area is 254 Å². The molecule has 1 fully saturated rings. The fourth-order valence-electron chi connectivity index (χ4n) is 5.05. The molecule has 0 amide bonds. The van der Waals surface area contributed by atoms with Crippen LogP contribution in [-0.4, -0.2) is 42.2 Å². The number of thioether (sulfide) groups is 1. The molecule has 1 aliphatic rings. The number of hydrogen-bond acceptors (Lipinski definition) is 6. The van der Waals surface area contributed by atoms with Gasteiger partial charge in [0.05, 0.1) is 33.0 Å². The van der Waals surface area contributed by atoms with Gasteiger partial charge in [-0.25, -0.2) is 0 Å². The van der Waals surface area contributed by atoms with Gasteiger partial charge >= 0.3 is 0 Å². The van der Waals surface area contributed by atoms with Crippen LogP contribution in [0.15, 0.2) is 121 Å². The Kier molecular flexibility index (Phi) is 12.1. The largest absolute Gasteiger partial charge is 0.374 e. The molecular weight excluding hydrogens is 544 g/mol. The molecule has 0 spiro atoms. The Morgan fingerprint density at radius 1 is 0.524 bits per heavy atom. The van der Waals surface area contributed by atoms with Crippen LogP contribution in [0.25, 0.3) is 0 Å². The highest BCUT2D eigenvalue weighted by Crippen LogP contribution is 2.35. The highest BCUT2D eigenvalue weighted by molar-refractivity contribution is 7.99. The summed E-state index contributed by atoms with van der Waals surface area (Å²) in [6.45, 7) is 4.37. The highest BCUT2D eigenvalue weighted by Gasteiger charge is 2.48. The normalized spacial score (nSPS) is 22.2. The molecule has 42 heavy (non-hydrogen) atoms. The van der Waals surface area contributed by atoms with Gasteiger partial charge in [0.25, 0.3) is 0 Å². The minimum atomic E-state index is -0.404. The fraction of sp³-hybridized carbons (Fsp3) is 0.333. The van der Waals surface area contributed by atoms with Crippen LogP contribution in [0.2, 0.25) is 0 Å². The van der Waals surface area contributed by atoms with Crippen molar-refractivity contribution in [3.8, 4) is 0 Å². The first kappa shape index (κ1) is 30.5. The second-order valence-electron chi connectivity index (χ2n) is 10.3. The first-order valence-electron chi connectivity index (χ1n) is 14.7. The molecule has 6 heteroatoms. The predicted octanol–water partition coefficient (Wildman–Crippen LogP) is 7.44. The summed E-state index contributed by atoms with van der Waals surface area (Å²) in [6, 6.07) is 40.9. The van der Waals surface area contributed by atoms with Crippen LogP contribution in [-0.2, 0) is 50.1 Å². The van der Waals surface area contributed by atoms with Crippen molar-refractivity contribution in [2.75, 3.05) is 12.4 Å². The first-order valence-corrected chi connectivity index (χ1v) is 15.7. The smallest absolute Gasteiger partial charge is 0.132 e. The number of hydrogen-bond donors (Lipinski definition) is 0. The molecule has 5 rings (SSSR count). The van der Waals surface area contributed by atoms with E-state index in [0.29, 0.717) is 33.0 Å². The van der Waals surface area contributed by atoms with E-state index in [1.54, 1.807) is 11.8 Å². The van der Waals surface area contributed by atoms with Gasteiger partial charge in [-0.15, -0.1) is 11.8 Å². The van der Waals surface area contributed by atoms with Crippen molar-refractivity contribution < 1.29 is 23.7 Å². The van der Waals surface area contributed by atoms with E-state index in [1.165, 1.54) is 0 Å². The molecule has 1 saturated heterocycles. The Morgan fingerprint density at radius 2 is 0.929 bits per heavy atom. The van der Waals surface area contributed by atoms with Crippen LogP contribution in [0.4, 0.5) is 0 Å². The van der Waals surface area contributed by atoms with Crippen molar-refractivity contribution in [3.05, 3.63) is 144 Å². The monoisotopic (exact) mass is 584 g/mol. The third kappa shape index (κ3) is 9.01. The summed E-state index contributed by atoms with van der Waals surface area (Å²) in [5, 5.41) is 0. The molecule has 4 aromatic carbocycles. The summed E-state index contributed by atoms with van der Waals surface area (Å²) in [5.41, 5.74) is 4.19. The van der Waals surface area contributed by atoms with Crippen LogP contribution in [0, 0.1) is 0 Å². The Balaban J connectivity index is 1.40. The molecule has 1 aliphatic heterocycles.